The molecule has 0 aromatic heterocycles. The summed E-state index contributed by atoms with van der Waals surface area (Å²) in [7, 11) is 0. The van der Waals surface area contributed by atoms with Gasteiger partial charge in [0, 0.05) is 16.8 Å². The summed E-state index contributed by atoms with van der Waals surface area (Å²) < 4.78 is 0. The van der Waals surface area contributed by atoms with Gasteiger partial charge in [-0.25, -0.2) is 0 Å². The monoisotopic (exact) mass is 813 g/mol. The molecule has 0 unspecified atom stereocenters. The van der Waals surface area contributed by atoms with Crippen molar-refractivity contribution in [3.8, 4) is 44.5 Å². The van der Waals surface area contributed by atoms with Crippen molar-refractivity contribution in [2.24, 2.45) is 0 Å². The van der Waals surface area contributed by atoms with Gasteiger partial charge in [-0.1, -0.05) is 231 Å². The molecule has 300 valence electrons. The number of benzene rings is 11. The Bertz CT molecular complexity index is 3420. The van der Waals surface area contributed by atoms with Crippen molar-refractivity contribution in [1.29, 1.82) is 0 Å². The standard InChI is InChI=1S/C63H43N/c1-4-17-44(18-5-1)45-31-33-46(34-32-45)47-37-40-53(41-38-47)64(60-29-15-13-25-56(60)50-39-42-55-49(43-50)36-35-48-19-10-11-24-54(48)55)61-30-16-28-59-62(61)57-26-12-14-27-58(57)63(59,51-20-6-2-7-21-51)52-22-8-3-9-23-52/h1-43H. The minimum absolute atomic E-state index is 0.521. The summed E-state index contributed by atoms with van der Waals surface area (Å²) in [5.74, 6) is 0. The first-order chi connectivity index (χ1) is 31.8. The van der Waals surface area contributed by atoms with E-state index in [1.54, 1.807) is 0 Å². The quantitative estimate of drug-likeness (QED) is 0.138. The second-order valence-corrected chi connectivity index (χ2v) is 16.8. The normalized spacial score (nSPS) is 12.5. The maximum atomic E-state index is 2.50. The highest BCUT2D eigenvalue weighted by Crippen LogP contribution is 2.60. The molecule has 0 N–H and O–H groups in total. The zero-order chi connectivity index (χ0) is 42.5. The van der Waals surface area contributed by atoms with E-state index in [9.17, 15) is 0 Å². The molecule has 11 aromatic rings. The van der Waals surface area contributed by atoms with E-state index in [2.05, 4.69) is 266 Å². The predicted octanol–water partition coefficient (Wildman–Crippen LogP) is 16.8. The largest absolute Gasteiger partial charge is 0.309 e. The summed E-state index contributed by atoms with van der Waals surface area (Å²) in [5, 5.41) is 5.02. The van der Waals surface area contributed by atoms with Gasteiger partial charge in [0.25, 0.3) is 0 Å². The molecular weight excluding hydrogens is 771 g/mol. The van der Waals surface area contributed by atoms with Gasteiger partial charge in [-0.3, -0.25) is 0 Å². The summed E-state index contributed by atoms with van der Waals surface area (Å²) in [6.07, 6.45) is 0. The van der Waals surface area contributed by atoms with E-state index in [1.165, 1.54) is 88.3 Å². The van der Waals surface area contributed by atoms with E-state index in [0.29, 0.717) is 0 Å². The van der Waals surface area contributed by atoms with Gasteiger partial charge in [0.2, 0.25) is 0 Å². The molecule has 64 heavy (non-hydrogen) atoms. The Balaban J connectivity index is 1.08. The number of rotatable bonds is 8. The highest BCUT2D eigenvalue weighted by atomic mass is 15.1. The zero-order valence-corrected chi connectivity index (χ0v) is 35.3. The van der Waals surface area contributed by atoms with E-state index in [1.807, 2.05) is 0 Å². The third-order valence-corrected chi connectivity index (χ3v) is 13.4. The van der Waals surface area contributed by atoms with Crippen molar-refractivity contribution < 1.29 is 0 Å². The molecular formula is C63H43N. The summed E-state index contributed by atoms with van der Waals surface area (Å²) in [5.41, 5.74) is 17.5. The molecule has 12 rings (SSSR count). The molecule has 0 bridgehead atoms. The van der Waals surface area contributed by atoms with Gasteiger partial charge in [-0.2, -0.15) is 0 Å². The van der Waals surface area contributed by atoms with E-state index in [0.717, 1.165) is 17.1 Å². The third-order valence-electron chi connectivity index (χ3n) is 13.4. The van der Waals surface area contributed by atoms with Crippen molar-refractivity contribution in [2.45, 2.75) is 5.41 Å². The van der Waals surface area contributed by atoms with Crippen LogP contribution in [0, 0.1) is 0 Å². The fourth-order valence-electron chi connectivity index (χ4n) is 10.5. The molecule has 1 nitrogen and oxygen atoms in total. The molecule has 11 aromatic carbocycles. The van der Waals surface area contributed by atoms with Gasteiger partial charge in [0.15, 0.2) is 0 Å². The van der Waals surface area contributed by atoms with Crippen LogP contribution in [0.4, 0.5) is 17.1 Å². The van der Waals surface area contributed by atoms with E-state index in [-0.39, 0.29) is 0 Å². The van der Waals surface area contributed by atoms with Gasteiger partial charge in [-0.15, -0.1) is 0 Å². The molecule has 0 spiro atoms. The van der Waals surface area contributed by atoms with Crippen LogP contribution in [-0.4, -0.2) is 0 Å². The van der Waals surface area contributed by atoms with E-state index in [4.69, 9.17) is 0 Å². The van der Waals surface area contributed by atoms with Crippen molar-refractivity contribution >= 4 is 38.6 Å². The second-order valence-electron chi connectivity index (χ2n) is 16.8. The molecule has 0 fully saturated rings. The fourth-order valence-corrected chi connectivity index (χ4v) is 10.5. The molecule has 0 atom stereocenters. The molecule has 1 heteroatoms. The van der Waals surface area contributed by atoms with Crippen LogP contribution < -0.4 is 4.90 Å². The summed E-state index contributed by atoms with van der Waals surface area (Å²) in [6.45, 7) is 0. The lowest BCUT2D eigenvalue weighted by atomic mass is 9.68. The number of nitrogens with zero attached hydrogens (tertiary/aromatic N) is 1. The fraction of sp³-hybridized carbons (Fsp3) is 0.0159. The first-order valence-corrected chi connectivity index (χ1v) is 22.2. The Labute approximate surface area is 374 Å². The summed E-state index contributed by atoms with van der Waals surface area (Å²) in [4.78, 5) is 2.50. The highest BCUT2D eigenvalue weighted by molar-refractivity contribution is 6.09. The van der Waals surface area contributed by atoms with Crippen LogP contribution in [0.2, 0.25) is 0 Å². The number of hydrogen-bond acceptors (Lipinski definition) is 1. The number of para-hydroxylation sites is 1. The SMILES string of the molecule is c1ccc(-c2ccc(-c3ccc(N(c4ccccc4-c4ccc5c(ccc6ccccc65)c4)c4cccc5c4-c4ccccc4C5(c4ccccc4)c4ccccc4)cc3)cc2)cc1. The Morgan fingerprint density at radius 1 is 0.281 bits per heavy atom. The lowest BCUT2D eigenvalue weighted by Crippen LogP contribution is -2.28. The van der Waals surface area contributed by atoms with E-state index < -0.39 is 5.41 Å². The topological polar surface area (TPSA) is 3.24 Å². The Morgan fingerprint density at radius 2 is 0.766 bits per heavy atom. The summed E-state index contributed by atoms with van der Waals surface area (Å²) >= 11 is 0. The smallest absolute Gasteiger partial charge is 0.0714 e. The average Bonchev–Trinajstić information content (AvgIpc) is 3.69. The van der Waals surface area contributed by atoms with Crippen LogP contribution >= 0.6 is 0 Å². The van der Waals surface area contributed by atoms with Gasteiger partial charge in [0.1, 0.15) is 0 Å². The highest BCUT2D eigenvalue weighted by Gasteiger charge is 2.47. The predicted molar refractivity (Wildman–Crippen MR) is 270 cm³/mol. The van der Waals surface area contributed by atoms with Crippen molar-refractivity contribution in [3.63, 3.8) is 0 Å². The van der Waals surface area contributed by atoms with Gasteiger partial charge in [-0.05, 0) is 108 Å². The number of anilines is 3. The maximum Gasteiger partial charge on any atom is 0.0714 e. The van der Waals surface area contributed by atoms with Crippen LogP contribution in [0.1, 0.15) is 22.3 Å². The summed E-state index contributed by atoms with van der Waals surface area (Å²) in [6, 6.07) is 95.9. The number of fused-ring (bicyclic) bond motifs is 6. The first-order valence-electron chi connectivity index (χ1n) is 22.2. The zero-order valence-electron chi connectivity index (χ0n) is 35.3. The van der Waals surface area contributed by atoms with Gasteiger partial charge < -0.3 is 4.90 Å². The van der Waals surface area contributed by atoms with Gasteiger partial charge >= 0.3 is 0 Å². The third kappa shape index (κ3) is 6.08. The molecule has 0 heterocycles. The Kier molecular flexibility index (Phi) is 9.13. The minimum Gasteiger partial charge on any atom is -0.309 e. The van der Waals surface area contributed by atoms with Crippen LogP contribution in [0.15, 0.2) is 261 Å². The average molecular weight is 814 g/mol. The molecule has 1 aliphatic rings. The van der Waals surface area contributed by atoms with Crippen LogP contribution in [0.25, 0.3) is 66.1 Å². The van der Waals surface area contributed by atoms with E-state index >= 15 is 0 Å². The molecule has 0 aliphatic heterocycles. The molecule has 0 saturated carbocycles. The minimum atomic E-state index is -0.521. The second kappa shape index (κ2) is 15.6. The molecule has 1 aliphatic carbocycles. The first kappa shape index (κ1) is 37.5. The van der Waals surface area contributed by atoms with Crippen LogP contribution in [0.3, 0.4) is 0 Å². The van der Waals surface area contributed by atoms with Crippen molar-refractivity contribution in [3.05, 3.63) is 283 Å². The van der Waals surface area contributed by atoms with Crippen molar-refractivity contribution in [2.75, 3.05) is 4.90 Å². The van der Waals surface area contributed by atoms with Crippen molar-refractivity contribution in [1.82, 2.24) is 0 Å². The molecule has 0 saturated heterocycles. The van der Waals surface area contributed by atoms with Crippen LogP contribution in [0.5, 0.6) is 0 Å². The maximum absolute atomic E-state index is 2.50. The van der Waals surface area contributed by atoms with Gasteiger partial charge in [0.05, 0.1) is 16.8 Å². The molecule has 0 radical (unpaired) electrons. The number of hydrogen-bond donors (Lipinski definition) is 0. The Hall–Kier alpha value is -8.26. The lowest BCUT2D eigenvalue weighted by molar-refractivity contribution is 0.768. The molecule has 0 amide bonds. The van der Waals surface area contributed by atoms with Crippen LogP contribution in [-0.2, 0) is 5.41 Å². The lowest BCUT2D eigenvalue weighted by Gasteiger charge is -2.34. The Morgan fingerprint density at radius 3 is 1.47 bits per heavy atom.